The lowest BCUT2D eigenvalue weighted by Gasteiger charge is -2.32. The van der Waals surface area contributed by atoms with Crippen molar-refractivity contribution in [3.8, 4) is 11.5 Å². The van der Waals surface area contributed by atoms with Gasteiger partial charge >= 0.3 is 6.18 Å². The molecule has 0 fully saturated rings. The molecule has 2 aromatic carbocycles. The first kappa shape index (κ1) is 22.9. The Hall–Kier alpha value is -3.75. The monoisotopic (exact) mass is 446 g/mol. The van der Waals surface area contributed by atoms with Crippen molar-refractivity contribution in [2.45, 2.75) is 18.6 Å². The Labute approximate surface area is 182 Å². The fraction of sp³-hybridized carbons (Fsp3) is 0.217. The molecule has 0 bridgehead atoms. The maximum absolute atomic E-state index is 13.0. The Morgan fingerprint density at radius 1 is 0.844 bits per heavy atom. The normalized spacial score (nSPS) is 11.7. The van der Waals surface area contributed by atoms with Crippen LogP contribution in [-0.4, -0.2) is 25.1 Å². The molecule has 32 heavy (non-hydrogen) atoms. The summed E-state index contributed by atoms with van der Waals surface area (Å²) in [6.07, 6.45) is -4.73. The Morgan fingerprint density at radius 3 is 1.69 bits per heavy atom. The van der Waals surface area contributed by atoms with Crippen LogP contribution in [-0.2, 0) is 11.7 Å². The minimum atomic E-state index is -4.73. The number of amides is 1. The highest BCUT2D eigenvalue weighted by Gasteiger charge is 2.34. The van der Waals surface area contributed by atoms with Gasteiger partial charge < -0.3 is 19.8 Å². The fourth-order valence-corrected chi connectivity index (χ4v) is 3.27. The molecule has 0 atom stereocenters. The van der Waals surface area contributed by atoms with Gasteiger partial charge in [0.05, 0.1) is 19.8 Å². The van der Waals surface area contributed by atoms with Crippen molar-refractivity contribution in [3.63, 3.8) is 0 Å². The molecule has 0 spiro atoms. The molecule has 168 valence electrons. The quantitative estimate of drug-likeness (QED) is 0.598. The van der Waals surface area contributed by atoms with E-state index >= 15 is 0 Å². The van der Waals surface area contributed by atoms with E-state index in [0.29, 0.717) is 28.7 Å². The summed E-state index contributed by atoms with van der Waals surface area (Å²) in [5, 5.41) is 2.79. The van der Waals surface area contributed by atoms with Gasteiger partial charge in [-0.2, -0.15) is 13.2 Å². The number of carbonyl (C=O) groups excluding carboxylic acids is 1. The van der Waals surface area contributed by atoms with Crippen molar-refractivity contribution in [3.05, 3.63) is 93.4 Å². The van der Waals surface area contributed by atoms with Gasteiger partial charge in [-0.25, -0.2) is 0 Å². The van der Waals surface area contributed by atoms with E-state index < -0.39 is 34.4 Å². The average Bonchev–Trinajstić information content (AvgIpc) is 2.78. The third-order valence-electron chi connectivity index (χ3n) is 5.16. The van der Waals surface area contributed by atoms with E-state index in [1.807, 2.05) is 0 Å². The summed E-state index contributed by atoms with van der Waals surface area (Å²) in [5.41, 5.74) is -2.59. The van der Waals surface area contributed by atoms with Crippen LogP contribution in [0.2, 0.25) is 0 Å². The molecule has 1 aromatic heterocycles. The summed E-state index contributed by atoms with van der Waals surface area (Å²) in [7, 11) is 3.05. The minimum absolute atomic E-state index is 0.439. The zero-order chi connectivity index (χ0) is 23.5. The molecule has 0 saturated carbocycles. The Bertz CT molecular complexity index is 1110. The number of benzene rings is 2. The number of H-pyrrole nitrogens is 1. The van der Waals surface area contributed by atoms with Crippen LogP contribution in [0.5, 0.6) is 11.5 Å². The number of rotatable bonds is 6. The summed E-state index contributed by atoms with van der Waals surface area (Å²) in [6.45, 7) is 1.73. The van der Waals surface area contributed by atoms with Crippen molar-refractivity contribution in [1.29, 1.82) is 0 Å². The predicted octanol–water partition coefficient (Wildman–Crippen LogP) is 4.10. The molecule has 0 radical (unpaired) electrons. The molecular formula is C23H21F3N2O4. The highest BCUT2D eigenvalue weighted by Crippen LogP contribution is 2.32. The molecule has 0 aliphatic carbocycles. The van der Waals surface area contributed by atoms with Crippen molar-refractivity contribution >= 4 is 5.91 Å². The lowest BCUT2D eigenvalue weighted by atomic mass is 9.84. The molecular weight excluding hydrogens is 425 g/mol. The maximum Gasteiger partial charge on any atom is 0.431 e. The molecule has 6 nitrogen and oxygen atoms in total. The van der Waals surface area contributed by atoms with E-state index in [9.17, 15) is 22.8 Å². The molecule has 1 heterocycles. The number of pyridine rings is 1. The van der Waals surface area contributed by atoms with E-state index in [0.717, 1.165) is 6.07 Å². The molecule has 0 aliphatic rings. The Balaban J connectivity index is 2.03. The smallest absolute Gasteiger partial charge is 0.431 e. The van der Waals surface area contributed by atoms with Gasteiger partial charge in [0.15, 0.2) is 0 Å². The zero-order valence-electron chi connectivity index (χ0n) is 17.5. The number of hydrogen-bond donors (Lipinski definition) is 2. The third-order valence-corrected chi connectivity index (χ3v) is 5.16. The molecule has 0 unspecified atom stereocenters. The van der Waals surface area contributed by atoms with Crippen LogP contribution in [0.4, 0.5) is 13.2 Å². The van der Waals surface area contributed by atoms with Gasteiger partial charge in [-0.1, -0.05) is 24.3 Å². The number of methoxy groups -OCH3 is 2. The molecule has 2 N–H and O–H groups in total. The highest BCUT2D eigenvalue weighted by atomic mass is 19.4. The van der Waals surface area contributed by atoms with E-state index in [-0.39, 0.29) is 0 Å². The van der Waals surface area contributed by atoms with Crippen LogP contribution in [0, 0.1) is 0 Å². The summed E-state index contributed by atoms with van der Waals surface area (Å²) < 4.78 is 48.9. The van der Waals surface area contributed by atoms with E-state index in [4.69, 9.17) is 9.47 Å². The number of nitrogens with one attached hydrogen (secondary N) is 2. The summed E-state index contributed by atoms with van der Waals surface area (Å²) in [6, 6.07) is 15.4. The zero-order valence-corrected chi connectivity index (χ0v) is 17.5. The second-order valence-corrected chi connectivity index (χ2v) is 7.15. The van der Waals surface area contributed by atoms with Gasteiger partial charge in [-0.15, -0.1) is 0 Å². The summed E-state index contributed by atoms with van der Waals surface area (Å²) >= 11 is 0. The lowest BCUT2D eigenvalue weighted by molar-refractivity contribution is -0.141. The average molecular weight is 446 g/mol. The number of halogens is 3. The van der Waals surface area contributed by atoms with Gasteiger partial charge in [0.25, 0.3) is 11.5 Å². The Kier molecular flexibility index (Phi) is 6.29. The molecule has 0 saturated heterocycles. The van der Waals surface area contributed by atoms with Gasteiger partial charge in [0.2, 0.25) is 0 Å². The van der Waals surface area contributed by atoms with Crippen LogP contribution in [0.15, 0.2) is 65.5 Å². The summed E-state index contributed by atoms with van der Waals surface area (Å²) in [5.74, 6) is 0.391. The van der Waals surface area contributed by atoms with E-state index in [1.54, 1.807) is 60.4 Å². The van der Waals surface area contributed by atoms with Crippen LogP contribution in [0.3, 0.4) is 0 Å². The van der Waals surface area contributed by atoms with Gasteiger partial charge in [0, 0.05) is 0 Å². The number of alkyl halides is 3. The number of hydrogen-bond acceptors (Lipinski definition) is 4. The topological polar surface area (TPSA) is 80.4 Å². The number of aromatic nitrogens is 1. The highest BCUT2D eigenvalue weighted by molar-refractivity contribution is 5.94. The minimum Gasteiger partial charge on any atom is -0.497 e. The van der Waals surface area contributed by atoms with Gasteiger partial charge in [0.1, 0.15) is 22.8 Å². The second kappa shape index (κ2) is 8.78. The van der Waals surface area contributed by atoms with E-state index in [1.165, 1.54) is 14.2 Å². The maximum atomic E-state index is 13.0. The fourth-order valence-electron chi connectivity index (χ4n) is 3.27. The third kappa shape index (κ3) is 4.61. The molecule has 1 amide bonds. The molecule has 9 heteroatoms. The van der Waals surface area contributed by atoms with Crippen molar-refractivity contribution in [1.82, 2.24) is 10.3 Å². The van der Waals surface area contributed by atoms with Crippen molar-refractivity contribution < 1.29 is 27.4 Å². The van der Waals surface area contributed by atoms with Crippen LogP contribution in [0.1, 0.15) is 34.1 Å². The standard InChI is InChI=1S/C23H21F3N2O4/c1-22(14-4-8-16(31-2)9-5-14,15-6-10-17(32-3)11-7-15)28-21(30)18-12-13-19(23(24,25)26)27-20(18)29/h4-13H,1-3H3,(H,27,29)(H,28,30). The van der Waals surface area contributed by atoms with Crippen LogP contribution < -0.4 is 20.3 Å². The van der Waals surface area contributed by atoms with E-state index in [2.05, 4.69) is 5.32 Å². The Morgan fingerprint density at radius 2 is 1.31 bits per heavy atom. The van der Waals surface area contributed by atoms with Crippen LogP contribution in [0.25, 0.3) is 0 Å². The molecule has 0 aliphatic heterocycles. The van der Waals surface area contributed by atoms with Crippen molar-refractivity contribution in [2.24, 2.45) is 0 Å². The first-order valence-corrected chi connectivity index (χ1v) is 9.50. The largest absolute Gasteiger partial charge is 0.497 e. The molecule has 3 rings (SSSR count). The lowest BCUT2D eigenvalue weighted by Crippen LogP contribution is -2.46. The number of carbonyl (C=O) groups is 1. The SMILES string of the molecule is COc1ccc(C(C)(NC(=O)c2ccc(C(F)(F)F)[nH]c2=O)c2ccc(OC)cc2)cc1. The van der Waals surface area contributed by atoms with Gasteiger partial charge in [-0.05, 0) is 54.4 Å². The van der Waals surface area contributed by atoms with Crippen LogP contribution >= 0.6 is 0 Å². The first-order valence-electron chi connectivity index (χ1n) is 9.50. The number of aromatic amines is 1. The van der Waals surface area contributed by atoms with Gasteiger partial charge in [-0.3, -0.25) is 9.59 Å². The predicted molar refractivity (Wildman–Crippen MR) is 112 cm³/mol. The summed E-state index contributed by atoms with van der Waals surface area (Å²) in [4.78, 5) is 26.9. The molecule has 3 aromatic rings. The van der Waals surface area contributed by atoms with Crippen molar-refractivity contribution in [2.75, 3.05) is 14.2 Å². The number of ether oxygens (including phenoxy) is 2. The second-order valence-electron chi connectivity index (χ2n) is 7.15. The first-order chi connectivity index (χ1) is 15.1.